The molecule has 6 heteroatoms. The zero-order valence-electron chi connectivity index (χ0n) is 12.5. The lowest BCUT2D eigenvalue weighted by Crippen LogP contribution is -2.40. The molecule has 0 radical (unpaired) electrons. The van der Waals surface area contributed by atoms with Gasteiger partial charge in [0, 0.05) is 23.6 Å². The van der Waals surface area contributed by atoms with Crippen molar-refractivity contribution in [2.24, 2.45) is 5.73 Å². The fourth-order valence-electron chi connectivity index (χ4n) is 2.97. The maximum Gasteiger partial charge on any atom is 0.257 e. The SMILES string of the molecule is Cc1c(C(=O)N2CCCC2CN)cnn1-c1ccc(Br)cc1. The van der Waals surface area contributed by atoms with Gasteiger partial charge >= 0.3 is 0 Å². The van der Waals surface area contributed by atoms with Crippen molar-refractivity contribution < 1.29 is 4.79 Å². The molecule has 0 bridgehead atoms. The monoisotopic (exact) mass is 362 g/mol. The van der Waals surface area contributed by atoms with Gasteiger partial charge in [-0.05, 0) is 44.0 Å². The van der Waals surface area contributed by atoms with Crippen LogP contribution in [-0.4, -0.2) is 39.7 Å². The molecule has 3 rings (SSSR count). The number of halogens is 1. The summed E-state index contributed by atoms with van der Waals surface area (Å²) in [5.41, 5.74) is 8.22. The first-order chi connectivity index (χ1) is 10.6. The third-order valence-corrected chi connectivity index (χ3v) is 4.75. The normalized spacial score (nSPS) is 18.0. The van der Waals surface area contributed by atoms with Gasteiger partial charge in [0.25, 0.3) is 5.91 Å². The maximum absolute atomic E-state index is 12.7. The number of nitrogens with two attached hydrogens (primary N) is 1. The summed E-state index contributed by atoms with van der Waals surface area (Å²) in [6.45, 7) is 3.23. The fourth-order valence-corrected chi connectivity index (χ4v) is 3.23. The van der Waals surface area contributed by atoms with Gasteiger partial charge in [0.05, 0.1) is 23.1 Å². The van der Waals surface area contributed by atoms with Crippen molar-refractivity contribution in [3.05, 3.63) is 46.2 Å². The molecule has 116 valence electrons. The van der Waals surface area contributed by atoms with Crippen LogP contribution in [0.3, 0.4) is 0 Å². The van der Waals surface area contributed by atoms with Crippen LogP contribution in [0.15, 0.2) is 34.9 Å². The second-order valence-corrected chi connectivity index (χ2v) is 6.48. The van der Waals surface area contributed by atoms with Crippen LogP contribution in [0.25, 0.3) is 5.69 Å². The van der Waals surface area contributed by atoms with Gasteiger partial charge in [0.1, 0.15) is 0 Å². The van der Waals surface area contributed by atoms with Crippen molar-refractivity contribution in [1.82, 2.24) is 14.7 Å². The lowest BCUT2D eigenvalue weighted by atomic mass is 10.2. The average molecular weight is 363 g/mol. The van der Waals surface area contributed by atoms with Crippen LogP contribution in [0.5, 0.6) is 0 Å². The van der Waals surface area contributed by atoms with Crippen molar-refractivity contribution in [1.29, 1.82) is 0 Å². The van der Waals surface area contributed by atoms with Crippen molar-refractivity contribution in [2.45, 2.75) is 25.8 Å². The molecule has 1 aromatic carbocycles. The number of aromatic nitrogens is 2. The molecular weight excluding hydrogens is 344 g/mol. The highest BCUT2D eigenvalue weighted by molar-refractivity contribution is 9.10. The molecule has 0 saturated carbocycles. The third-order valence-electron chi connectivity index (χ3n) is 4.22. The standard InChI is InChI=1S/C16H19BrN4O/c1-11-15(16(22)20-8-2-3-14(20)9-18)10-19-21(11)13-6-4-12(17)5-7-13/h4-7,10,14H,2-3,8-9,18H2,1H3. The molecule has 2 N–H and O–H groups in total. The molecule has 5 nitrogen and oxygen atoms in total. The Morgan fingerprint density at radius 3 is 2.82 bits per heavy atom. The summed E-state index contributed by atoms with van der Waals surface area (Å²) in [5.74, 6) is 0.0359. The van der Waals surface area contributed by atoms with Crippen LogP contribution < -0.4 is 5.73 Å². The Bertz CT molecular complexity index is 680. The van der Waals surface area contributed by atoms with E-state index in [1.54, 1.807) is 10.9 Å². The van der Waals surface area contributed by atoms with Crippen molar-refractivity contribution >= 4 is 21.8 Å². The van der Waals surface area contributed by atoms with Gasteiger partial charge in [-0.15, -0.1) is 0 Å². The highest BCUT2D eigenvalue weighted by Crippen LogP contribution is 2.22. The first-order valence-corrected chi connectivity index (χ1v) is 8.22. The molecule has 1 aromatic heterocycles. The van der Waals surface area contributed by atoms with Gasteiger partial charge in [-0.1, -0.05) is 15.9 Å². The molecule has 1 aliphatic rings. The maximum atomic E-state index is 12.7. The molecule has 0 aliphatic carbocycles. The Morgan fingerprint density at radius 2 is 2.14 bits per heavy atom. The van der Waals surface area contributed by atoms with E-state index >= 15 is 0 Å². The van der Waals surface area contributed by atoms with E-state index in [1.165, 1.54) is 0 Å². The molecule has 1 fully saturated rings. The summed E-state index contributed by atoms with van der Waals surface area (Å²) in [5, 5.41) is 4.38. The van der Waals surface area contributed by atoms with E-state index in [9.17, 15) is 4.79 Å². The van der Waals surface area contributed by atoms with Crippen molar-refractivity contribution in [3.63, 3.8) is 0 Å². The molecule has 1 aliphatic heterocycles. The van der Waals surface area contributed by atoms with Gasteiger partial charge in [0.15, 0.2) is 0 Å². The average Bonchev–Trinajstić information content (AvgIpc) is 3.14. The van der Waals surface area contributed by atoms with Crippen molar-refractivity contribution in [2.75, 3.05) is 13.1 Å². The molecule has 0 spiro atoms. The van der Waals surface area contributed by atoms with Crippen LogP contribution in [0.1, 0.15) is 28.9 Å². The van der Waals surface area contributed by atoms with Gasteiger partial charge in [-0.3, -0.25) is 4.79 Å². The predicted octanol–water partition coefficient (Wildman–Crippen LogP) is 2.51. The van der Waals surface area contributed by atoms with Crippen LogP contribution in [0, 0.1) is 6.92 Å². The van der Waals surface area contributed by atoms with E-state index in [2.05, 4.69) is 21.0 Å². The first kappa shape index (κ1) is 15.2. The highest BCUT2D eigenvalue weighted by atomic mass is 79.9. The number of hydrogen-bond donors (Lipinski definition) is 1. The summed E-state index contributed by atoms with van der Waals surface area (Å²) < 4.78 is 2.81. The van der Waals surface area contributed by atoms with Crippen LogP contribution >= 0.6 is 15.9 Å². The summed E-state index contributed by atoms with van der Waals surface area (Å²) in [6, 6.07) is 8.02. The molecule has 2 aromatic rings. The van der Waals surface area contributed by atoms with Gasteiger partial charge in [-0.2, -0.15) is 5.10 Å². The number of nitrogens with zero attached hydrogens (tertiary/aromatic N) is 3. The Morgan fingerprint density at radius 1 is 1.41 bits per heavy atom. The number of likely N-dealkylation sites (tertiary alicyclic amines) is 1. The fraction of sp³-hybridized carbons (Fsp3) is 0.375. The molecule has 22 heavy (non-hydrogen) atoms. The van der Waals surface area contributed by atoms with E-state index in [1.807, 2.05) is 36.1 Å². The van der Waals surface area contributed by atoms with Crippen LogP contribution in [0.2, 0.25) is 0 Å². The van der Waals surface area contributed by atoms with Gasteiger partial charge < -0.3 is 10.6 Å². The first-order valence-electron chi connectivity index (χ1n) is 7.43. The summed E-state index contributed by atoms with van der Waals surface area (Å²) in [7, 11) is 0. The van der Waals surface area contributed by atoms with Crippen LogP contribution in [-0.2, 0) is 0 Å². The topological polar surface area (TPSA) is 64.2 Å². The quantitative estimate of drug-likeness (QED) is 0.912. The number of rotatable bonds is 3. The minimum absolute atomic E-state index is 0.0359. The molecule has 2 heterocycles. The minimum Gasteiger partial charge on any atom is -0.334 e. The number of hydrogen-bond acceptors (Lipinski definition) is 3. The Kier molecular flexibility index (Phi) is 4.31. The van der Waals surface area contributed by atoms with Crippen LogP contribution in [0.4, 0.5) is 0 Å². The van der Waals surface area contributed by atoms with E-state index in [0.29, 0.717) is 12.1 Å². The lowest BCUT2D eigenvalue weighted by molar-refractivity contribution is 0.0740. The predicted molar refractivity (Wildman–Crippen MR) is 89.1 cm³/mol. The van der Waals surface area contributed by atoms with E-state index in [0.717, 1.165) is 35.2 Å². The second kappa shape index (κ2) is 6.22. The Labute approximate surface area is 138 Å². The number of amides is 1. The smallest absolute Gasteiger partial charge is 0.257 e. The Balaban J connectivity index is 1.90. The van der Waals surface area contributed by atoms with E-state index < -0.39 is 0 Å². The second-order valence-electron chi connectivity index (χ2n) is 5.56. The largest absolute Gasteiger partial charge is 0.334 e. The van der Waals surface area contributed by atoms with Gasteiger partial charge in [-0.25, -0.2) is 4.68 Å². The highest BCUT2D eigenvalue weighted by Gasteiger charge is 2.30. The summed E-state index contributed by atoms with van der Waals surface area (Å²) >= 11 is 3.42. The zero-order valence-corrected chi connectivity index (χ0v) is 14.1. The number of carbonyl (C=O) groups is 1. The summed E-state index contributed by atoms with van der Waals surface area (Å²) in [4.78, 5) is 14.6. The van der Waals surface area contributed by atoms with Gasteiger partial charge in [0.2, 0.25) is 0 Å². The minimum atomic E-state index is 0.0359. The van der Waals surface area contributed by atoms with Crippen molar-refractivity contribution in [3.8, 4) is 5.69 Å². The van der Waals surface area contributed by atoms with E-state index in [4.69, 9.17) is 5.73 Å². The molecule has 1 amide bonds. The number of carbonyl (C=O) groups excluding carboxylic acids is 1. The molecular formula is C16H19BrN4O. The lowest BCUT2D eigenvalue weighted by Gasteiger charge is -2.23. The molecule has 1 unspecified atom stereocenters. The number of benzene rings is 1. The third kappa shape index (κ3) is 2.68. The molecule has 1 atom stereocenters. The zero-order chi connectivity index (χ0) is 15.7. The Hall–Kier alpha value is -1.66. The molecule has 1 saturated heterocycles. The van der Waals surface area contributed by atoms with E-state index in [-0.39, 0.29) is 11.9 Å². The summed E-state index contributed by atoms with van der Waals surface area (Å²) in [6.07, 6.45) is 3.67.